The smallest absolute Gasteiger partial charge is 0.333 e. The molecule has 0 saturated heterocycles. The molecule has 0 atom stereocenters. The van der Waals surface area contributed by atoms with Gasteiger partial charge in [-0.15, -0.1) is 0 Å². The van der Waals surface area contributed by atoms with Crippen LogP contribution in [0, 0.1) is 11.3 Å². The molecule has 4 heteroatoms. The SMILES string of the molecule is CCC(=CCOc1ccccc1C#N)C(=O)OC. The largest absolute Gasteiger partial charge is 0.488 e. The summed E-state index contributed by atoms with van der Waals surface area (Å²) in [4.78, 5) is 11.3. The van der Waals surface area contributed by atoms with Crippen LogP contribution in [-0.4, -0.2) is 19.7 Å². The number of methoxy groups -OCH3 is 1. The molecule has 0 unspecified atom stereocenters. The monoisotopic (exact) mass is 245 g/mol. The molecular weight excluding hydrogens is 230 g/mol. The maximum atomic E-state index is 11.3. The van der Waals surface area contributed by atoms with Gasteiger partial charge < -0.3 is 9.47 Å². The van der Waals surface area contributed by atoms with E-state index in [1.54, 1.807) is 30.3 Å². The molecule has 0 bridgehead atoms. The summed E-state index contributed by atoms with van der Waals surface area (Å²) >= 11 is 0. The van der Waals surface area contributed by atoms with Gasteiger partial charge in [0, 0.05) is 5.57 Å². The van der Waals surface area contributed by atoms with Crippen LogP contribution in [0.25, 0.3) is 0 Å². The highest BCUT2D eigenvalue weighted by Crippen LogP contribution is 2.16. The van der Waals surface area contributed by atoms with Crippen LogP contribution in [0.2, 0.25) is 0 Å². The van der Waals surface area contributed by atoms with E-state index in [1.807, 2.05) is 13.0 Å². The Morgan fingerprint density at radius 3 is 2.78 bits per heavy atom. The Labute approximate surface area is 106 Å². The summed E-state index contributed by atoms with van der Waals surface area (Å²) in [6, 6.07) is 9.01. The normalized spacial score (nSPS) is 10.6. The zero-order chi connectivity index (χ0) is 13.4. The van der Waals surface area contributed by atoms with Crippen LogP contribution in [0.15, 0.2) is 35.9 Å². The van der Waals surface area contributed by atoms with E-state index in [2.05, 4.69) is 4.74 Å². The van der Waals surface area contributed by atoms with E-state index < -0.39 is 0 Å². The minimum absolute atomic E-state index is 0.233. The Morgan fingerprint density at radius 2 is 2.17 bits per heavy atom. The van der Waals surface area contributed by atoms with E-state index in [4.69, 9.17) is 10.00 Å². The van der Waals surface area contributed by atoms with Gasteiger partial charge in [-0.3, -0.25) is 0 Å². The van der Waals surface area contributed by atoms with Crippen molar-refractivity contribution in [1.29, 1.82) is 5.26 Å². The highest BCUT2D eigenvalue weighted by Gasteiger charge is 2.06. The summed E-state index contributed by atoms with van der Waals surface area (Å²) in [6.07, 6.45) is 2.25. The van der Waals surface area contributed by atoms with Crippen LogP contribution in [0.4, 0.5) is 0 Å². The molecule has 0 spiro atoms. The number of carbonyl (C=O) groups excluding carboxylic acids is 1. The lowest BCUT2D eigenvalue weighted by atomic mass is 10.2. The average Bonchev–Trinajstić information content (AvgIpc) is 2.43. The third-order valence-electron chi connectivity index (χ3n) is 2.40. The van der Waals surface area contributed by atoms with Gasteiger partial charge >= 0.3 is 5.97 Å². The van der Waals surface area contributed by atoms with Crippen molar-refractivity contribution in [2.24, 2.45) is 0 Å². The Kier molecular flexibility index (Phi) is 5.46. The molecule has 0 aliphatic carbocycles. The van der Waals surface area contributed by atoms with Crippen LogP contribution in [-0.2, 0) is 9.53 Å². The van der Waals surface area contributed by atoms with Gasteiger partial charge in [-0.2, -0.15) is 5.26 Å². The highest BCUT2D eigenvalue weighted by atomic mass is 16.5. The lowest BCUT2D eigenvalue weighted by molar-refractivity contribution is -0.136. The summed E-state index contributed by atoms with van der Waals surface area (Å²) in [5, 5.41) is 8.88. The van der Waals surface area contributed by atoms with Gasteiger partial charge in [0.25, 0.3) is 0 Å². The van der Waals surface area contributed by atoms with Crippen LogP contribution >= 0.6 is 0 Å². The minimum atomic E-state index is -0.352. The number of hydrogen-bond donors (Lipinski definition) is 0. The molecule has 1 aromatic rings. The van der Waals surface area contributed by atoms with Crippen molar-refractivity contribution in [2.45, 2.75) is 13.3 Å². The highest BCUT2D eigenvalue weighted by molar-refractivity contribution is 5.88. The molecule has 0 amide bonds. The summed E-state index contributed by atoms with van der Waals surface area (Å²) < 4.78 is 10.1. The molecule has 0 radical (unpaired) electrons. The molecule has 0 fully saturated rings. The lowest BCUT2D eigenvalue weighted by Crippen LogP contribution is -2.06. The number of nitrogens with zero attached hydrogens (tertiary/aromatic N) is 1. The van der Waals surface area contributed by atoms with E-state index in [-0.39, 0.29) is 12.6 Å². The molecule has 0 heterocycles. The van der Waals surface area contributed by atoms with E-state index in [9.17, 15) is 4.79 Å². The summed E-state index contributed by atoms with van der Waals surface area (Å²) in [5.74, 6) is 0.159. The van der Waals surface area contributed by atoms with Gasteiger partial charge in [0.1, 0.15) is 18.4 Å². The molecular formula is C14H15NO3. The van der Waals surface area contributed by atoms with Gasteiger partial charge in [-0.25, -0.2) is 4.79 Å². The predicted octanol–water partition coefficient (Wildman–Crippen LogP) is 2.45. The topological polar surface area (TPSA) is 59.3 Å². The van der Waals surface area contributed by atoms with E-state index in [1.165, 1.54) is 7.11 Å². The maximum Gasteiger partial charge on any atom is 0.333 e. The Bertz CT molecular complexity index is 486. The first-order chi connectivity index (χ1) is 8.72. The summed E-state index contributed by atoms with van der Waals surface area (Å²) in [5.41, 5.74) is 1.04. The molecule has 0 aromatic heterocycles. The van der Waals surface area contributed by atoms with Gasteiger partial charge in [-0.1, -0.05) is 19.1 Å². The Balaban J connectivity index is 2.68. The van der Waals surface area contributed by atoms with Crippen molar-refractivity contribution in [3.63, 3.8) is 0 Å². The molecule has 0 aliphatic heterocycles. The molecule has 94 valence electrons. The van der Waals surface area contributed by atoms with Crippen molar-refractivity contribution in [3.05, 3.63) is 41.5 Å². The third-order valence-corrected chi connectivity index (χ3v) is 2.40. The number of carbonyl (C=O) groups is 1. The van der Waals surface area contributed by atoms with Gasteiger partial charge in [0.05, 0.1) is 12.7 Å². The molecule has 18 heavy (non-hydrogen) atoms. The number of rotatable bonds is 5. The van der Waals surface area contributed by atoms with Crippen LogP contribution in [0.3, 0.4) is 0 Å². The van der Waals surface area contributed by atoms with Crippen LogP contribution < -0.4 is 4.74 Å². The summed E-state index contributed by atoms with van der Waals surface area (Å²) in [7, 11) is 1.34. The van der Waals surface area contributed by atoms with Crippen molar-refractivity contribution in [2.75, 3.05) is 13.7 Å². The molecule has 0 saturated carbocycles. The van der Waals surface area contributed by atoms with E-state index in [0.717, 1.165) is 0 Å². The fourth-order valence-corrected chi connectivity index (χ4v) is 1.42. The first kappa shape index (κ1) is 13.8. The second-order valence-corrected chi connectivity index (χ2v) is 3.49. The van der Waals surface area contributed by atoms with Gasteiger partial charge in [0.15, 0.2) is 0 Å². The van der Waals surface area contributed by atoms with E-state index >= 15 is 0 Å². The van der Waals surface area contributed by atoms with Gasteiger partial charge in [0.2, 0.25) is 0 Å². The number of hydrogen-bond acceptors (Lipinski definition) is 4. The van der Waals surface area contributed by atoms with Crippen LogP contribution in [0.5, 0.6) is 5.75 Å². The molecule has 0 aliphatic rings. The Hall–Kier alpha value is -2.28. The number of ether oxygens (including phenoxy) is 2. The second kappa shape index (κ2) is 7.13. The average molecular weight is 245 g/mol. The maximum absolute atomic E-state index is 11.3. The first-order valence-corrected chi connectivity index (χ1v) is 5.62. The second-order valence-electron chi connectivity index (χ2n) is 3.49. The Morgan fingerprint density at radius 1 is 1.44 bits per heavy atom. The summed E-state index contributed by atoms with van der Waals surface area (Å²) in [6.45, 7) is 2.10. The minimum Gasteiger partial charge on any atom is -0.488 e. The van der Waals surface area contributed by atoms with Crippen molar-refractivity contribution >= 4 is 5.97 Å². The third kappa shape index (κ3) is 3.63. The number of benzene rings is 1. The van der Waals surface area contributed by atoms with Crippen molar-refractivity contribution in [1.82, 2.24) is 0 Å². The van der Waals surface area contributed by atoms with Crippen molar-refractivity contribution < 1.29 is 14.3 Å². The molecule has 1 aromatic carbocycles. The van der Waals surface area contributed by atoms with Gasteiger partial charge in [-0.05, 0) is 24.6 Å². The standard InChI is InChI=1S/C14H15NO3/c1-3-11(14(16)17-2)8-9-18-13-7-5-4-6-12(13)10-15/h4-8H,3,9H2,1-2H3. The number of nitriles is 1. The first-order valence-electron chi connectivity index (χ1n) is 5.62. The van der Waals surface area contributed by atoms with E-state index in [0.29, 0.717) is 23.3 Å². The van der Waals surface area contributed by atoms with Crippen molar-refractivity contribution in [3.8, 4) is 11.8 Å². The molecule has 0 N–H and O–H groups in total. The zero-order valence-corrected chi connectivity index (χ0v) is 10.5. The zero-order valence-electron chi connectivity index (χ0n) is 10.5. The molecule has 4 nitrogen and oxygen atoms in total. The van der Waals surface area contributed by atoms with Crippen LogP contribution in [0.1, 0.15) is 18.9 Å². The fourth-order valence-electron chi connectivity index (χ4n) is 1.42. The predicted molar refractivity (Wildman–Crippen MR) is 67.0 cm³/mol. The fraction of sp³-hybridized carbons (Fsp3) is 0.286. The number of esters is 1. The number of para-hydroxylation sites is 1. The molecule has 1 rings (SSSR count). The quantitative estimate of drug-likeness (QED) is 0.590. The lowest BCUT2D eigenvalue weighted by Gasteiger charge is -2.06.